The van der Waals surface area contributed by atoms with Crippen molar-refractivity contribution in [1.29, 1.82) is 0 Å². The van der Waals surface area contributed by atoms with Crippen LogP contribution in [0, 0.1) is 0 Å². The van der Waals surface area contributed by atoms with Crippen LogP contribution in [0.4, 0.5) is 5.95 Å². The number of ether oxygens (including phenoxy) is 2. The van der Waals surface area contributed by atoms with Crippen molar-refractivity contribution < 1.29 is 14.6 Å². The number of aliphatic hydroxyl groups is 1. The van der Waals surface area contributed by atoms with Gasteiger partial charge in [-0.3, -0.25) is 4.90 Å². The van der Waals surface area contributed by atoms with E-state index in [1.807, 2.05) is 30.3 Å². The molecular weight excluding hydrogens is 514 g/mol. The quantitative estimate of drug-likeness (QED) is 0.331. The van der Waals surface area contributed by atoms with Gasteiger partial charge in [-0.1, -0.05) is 72.8 Å². The van der Waals surface area contributed by atoms with E-state index in [4.69, 9.17) is 15.2 Å². The maximum atomic E-state index is 9.51. The first-order chi connectivity index (χ1) is 20.2. The van der Waals surface area contributed by atoms with Crippen molar-refractivity contribution in [3.8, 4) is 11.1 Å². The highest BCUT2D eigenvalue weighted by atomic mass is 16.7. The summed E-state index contributed by atoms with van der Waals surface area (Å²) < 4.78 is 13.2. The van der Waals surface area contributed by atoms with Gasteiger partial charge >= 0.3 is 0 Å². The lowest BCUT2D eigenvalue weighted by Gasteiger charge is -2.40. The maximum absolute atomic E-state index is 9.51. The second kappa shape index (κ2) is 12.9. The van der Waals surface area contributed by atoms with Crippen molar-refractivity contribution in [3.05, 3.63) is 114 Å². The molecule has 4 aromatic rings. The first kappa shape index (κ1) is 27.5. The highest BCUT2D eigenvalue weighted by molar-refractivity contribution is 5.67. The number of piperazine rings is 1. The van der Waals surface area contributed by atoms with E-state index >= 15 is 0 Å². The Morgan fingerprint density at radius 1 is 0.805 bits per heavy atom. The van der Waals surface area contributed by atoms with Crippen LogP contribution in [0.2, 0.25) is 0 Å². The molecule has 3 heterocycles. The first-order valence-electron chi connectivity index (χ1n) is 14.3. The van der Waals surface area contributed by atoms with Gasteiger partial charge in [-0.25, -0.2) is 9.97 Å². The maximum Gasteiger partial charge on any atom is 0.225 e. The van der Waals surface area contributed by atoms with Crippen LogP contribution < -0.4 is 10.6 Å². The van der Waals surface area contributed by atoms with Gasteiger partial charge in [0.1, 0.15) is 0 Å². The lowest BCUT2D eigenvalue weighted by atomic mass is 9.97. The topological polar surface area (TPSA) is 97.0 Å². The number of benzene rings is 3. The van der Waals surface area contributed by atoms with E-state index in [2.05, 4.69) is 68.3 Å². The van der Waals surface area contributed by atoms with E-state index in [0.717, 1.165) is 78.5 Å². The molecule has 0 spiro atoms. The summed E-state index contributed by atoms with van der Waals surface area (Å²) in [5.74, 6) is 0.790. The highest BCUT2D eigenvalue weighted by Gasteiger charge is 2.34. The van der Waals surface area contributed by atoms with Gasteiger partial charge < -0.3 is 25.2 Å². The fourth-order valence-corrected chi connectivity index (χ4v) is 5.71. The standard InChI is InChI=1S/C33H37N5O3/c34-21-28-4-1-2-5-30(28)25-10-12-27(13-11-25)32-40-29(20-31(41-32)26-8-6-24(23-39)7-9-26)22-37-16-18-38(19-17-37)33-35-14-3-15-36-33/h1-15,29,31-32,39H,16-23,34H2/t29-,31+,32+/m0/s1. The van der Waals surface area contributed by atoms with E-state index < -0.39 is 6.29 Å². The zero-order valence-corrected chi connectivity index (χ0v) is 23.2. The average Bonchev–Trinajstić information content (AvgIpc) is 3.05. The van der Waals surface area contributed by atoms with Crippen LogP contribution >= 0.6 is 0 Å². The molecule has 6 rings (SSSR count). The van der Waals surface area contributed by atoms with Gasteiger partial charge in [0, 0.05) is 63.6 Å². The van der Waals surface area contributed by atoms with Crippen molar-refractivity contribution in [1.82, 2.24) is 14.9 Å². The summed E-state index contributed by atoms with van der Waals surface area (Å²) in [6, 6.07) is 26.6. The molecular formula is C33H37N5O3. The van der Waals surface area contributed by atoms with Gasteiger partial charge in [-0.05, 0) is 33.9 Å². The summed E-state index contributed by atoms with van der Waals surface area (Å²) in [4.78, 5) is 13.5. The number of nitrogens with zero attached hydrogens (tertiary/aromatic N) is 4. The molecule has 2 saturated heterocycles. The third-order valence-electron chi connectivity index (χ3n) is 8.02. The van der Waals surface area contributed by atoms with Gasteiger partial charge in [0.05, 0.1) is 18.8 Å². The first-order valence-corrected chi connectivity index (χ1v) is 14.3. The average molecular weight is 552 g/mol. The predicted octanol–water partition coefficient (Wildman–Crippen LogP) is 4.46. The Balaban J connectivity index is 1.18. The molecule has 8 heteroatoms. The van der Waals surface area contributed by atoms with Gasteiger partial charge in [-0.15, -0.1) is 0 Å². The summed E-state index contributed by atoms with van der Waals surface area (Å²) in [5, 5.41) is 9.51. The second-order valence-electron chi connectivity index (χ2n) is 10.7. The van der Waals surface area contributed by atoms with Crippen LogP contribution in [-0.2, 0) is 22.6 Å². The number of aromatic nitrogens is 2. The SMILES string of the molecule is NCc1ccccc1-c1ccc([C@@H]2O[C@H](CN3CCN(c4ncccn4)CC3)C[C@H](c3ccc(CO)cc3)O2)cc1. The van der Waals surface area contributed by atoms with Gasteiger partial charge in [0.25, 0.3) is 0 Å². The molecule has 0 saturated carbocycles. The minimum atomic E-state index is -0.478. The van der Waals surface area contributed by atoms with Crippen molar-refractivity contribution in [2.24, 2.45) is 5.73 Å². The smallest absolute Gasteiger partial charge is 0.225 e. The molecule has 2 aliphatic heterocycles. The number of anilines is 1. The summed E-state index contributed by atoms with van der Waals surface area (Å²) >= 11 is 0. The summed E-state index contributed by atoms with van der Waals surface area (Å²) in [6.45, 7) is 4.97. The Hall–Kier alpha value is -3.66. The highest BCUT2D eigenvalue weighted by Crippen LogP contribution is 2.39. The molecule has 212 valence electrons. The van der Waals surface area contributed by atoms with Crippen molar-refractivity contribution in [2.75, 3.05) is 37.6 Å². The van der Waals surface area contributed by atoms with Crippen molar-refractivity contribution >= 4 is 5.95 Å². The van der Waals surface area contributed by atoms with E-state index in [1.54, 1.807) is 12.4 Å². The van der Waals surface area contributed by atoms with Crippen LogP contribution in [-0.4, -0.2) is 58.8 Å². The zero-order valence-electron chi connectivity index (χ0n) is 23.2. The van der Waals surface area contributed by atoms with Crippen LogP contribution in [0.25, 0.3) is 11.1 Å². The molecule has 2 aliphatic rings. The number of nitrogens with two attached hydrogens (primary N) is 1. The molecule has 0 radical (unpaired) electrons. The molecule has 0 unspecified atom stereocenters. The minimum absolute atomic E-state index is 0.00781. The normalized spacial score (nSPS) is 21.6. The molecule has 1 aromatic heterocycles. The zero-order chi connectivity index (χ0) is 28.0. The molecule has 2 fully saturated rings. The van der Waals surface area contributed by atoms with Crippen LogP contribution in [0.1, 0.15) is 41.1 Å². The Bertz CT molecular complexity index is 1390. The number of hydrogen-bond acceptors (Lipinski definition) is 8. The lowest BCUT2D eigenvalue weighted by Crippen LogP contribution is -2.50. The molecule has 3 N–H and O–H groups in total. The summed E-state index contributed by atoms with van der Waals surface area (Å²) in [6.07, 6.45) is 3.77. The lowest BCUT2D eigenvalue weighted by molar-refractivity contribution is -0.253. The summed E-state index contributed by atoms with van der Waals surface area (Å²) in [5.41, 5.74) is 12.4. The molecule has 3 aromatic carbocycles. The number of hydrogen-bond donors (Lipinski definition) is 2. The third-order valence-corrected chi connectivity index (χ3v) is 8.02. The Morgan fingerprint density at radius 2 is 1.51 bits per heavy atom. The molecule has 0 bridgehead atoms. The molecule has 0 aliphatic carbocycles. The molecule has 41 heavy (non-hydrogen) atoms. The number of rotatable bonds is 8. The van der Waals surface area contributed by atoms with E-state index in [9.17, 15) is 5.11 Å². The van der Waals surface area contributed by atoms with Gasteiger partial charge in [-0.2, -0.15) is 0 Å². The van der Waals surface area contributed by atoms with Gasteiger partial charge in [0.15, 0.2) is 6.29 Å². The van der Waals surface area contributed by atoms with Gasteiger partial charge in [0.2, 0.25) is 5.95 Å². The largest absolute Gasteiger partial charge is 0.392 e. The predicted molar refractivity (Wildman–Crippen MR) is 159 cm³/mol. The van der Waals surface area contributed by atoms with Crippen molar-refractivity contribution in [3.63, 3.8) is 0 Å². The molecule has 3 atom stereocenters. The molecule has 0 amide bonds. The molecule has 8 nitrogen and oxygen atoms in total. The summed E-state index contributed by atoms with van der Waals surface area (Å²) in [7, 11) is 0. The van der Waals surface area contributed by atoms with Crippen molar-refractivity contribution in [2.45, 2.75) is 38.1 Å². The Labute approximate surface area is 241 Å². The van der Waals surface area contributed by atoms with E-state index in [0.29, 0.717) is 6.54 Å². The Morgan fingerprint density at radius 3 is 2.22 bits per heavy atom. The van der Waals surface area contributed by atoms with Crippen LogP contribution in [0.3, 0.4) is 0 Å². The minimum Gasteiger partial charge on any atom is -0.392 e. The van der Waals surface area contributed by atoms with E-state index in [1.165, 1.54) is 0 Å². The fraction of sp³-hybridized carbons (Fsp3) is 0.333. The monoisotopic (exact) mass is 551 g/mol. The van der Waals surface area contributed by atoms with Crippen LogP contribution in [0.15, 0.2) is 91.3 Å². The van der Waals surface area contributed by atoms with E-state index in [-0.39, 0.29) is 18.8 Å². The number of aliphatic hydroxyl groups excluding tert-OH is 1. The fourth-order valence-electron chi connectivity index (χ4n) is 5.71. The third kappa shape index (κ3) is 6.48. The Kier molecular flexibility index (Phi) is 8.65. The van der Waals surface area contributed by atoms with Crippen LogP contribution in [0.5, 0.6) is 0 Å². The second-order valence-corrected chi connectivity index (χ2v) is 10.7.